The van der Waals surface area contributed by atoms with E-state index in [9.17, 15) is 4.79 Å². The van der Waals surface area contributed by atoms with E-state index in [1.54, 1.807) is 17.8 Å². The molecule has 2 rings (SSSR count). The fraction of sp³-hybridized carbons (Fsp3) is 0.167. The summed E-state index contributed by atoms with van der Waals surface area (Å²) in [5, 5.41) is 6.06. The Balaban J connectivity index is 1.98. The smallest absolute Gasteiger partial charge is 0.248 e. The number of carbonyl (C=O) groups excluding carboxylic acids is 1. The zero-order valence-corrected chi connectivity index (χ0v) is 13.4. The van der Waals surface area contributed by atoms with Crippen molar-refractivity contribution in [3.05, 3.63) is 66.2 Å². The first-order valence-electron chi connectivity index (χ1n) is 7.20. The zero-order valence-electron chi connectivity index (χ0n) is 12.6. The monoisotopic (exact) mass is 312 g/mol. The van der Waals surface area contributed by atoms with Crippen LogP contribution in [0.15, 0.2) is 65.6 Å². The van der Waals surface area contributed by atoms with Crippen LogP contribution in [0, 0.1) is 0 Å². The van der Waals surface area contributed by atoms with Gasteiger partial charge in [-0.05, 0) is 30.8 Å². The summed E-state index contributed by atoms with van der Waals surface area (Å²) >= 11 is 1.73. The second-order valence-electron chi connectivity index (χ2n) is 4.68. The molecule has 0 heterocycles. The molecule has 0 bridgehead atoms. The second-order valence-corrected chi connectivity index (χ2v) is 5.82. The van der Waals surface area contributed by atoms with Crippen molar-refractivity contribution in [1.29, 1.82) is 0 Å². The molecule has 0 radical (unpaired) electrons. The summed E-state index contributed by atoms with van der Waals surface area (Å²) in [6.45, 7) is 0.931. The van der Waals surface area contributed by atoms with Crippen LogP contribution in [0.3, 0.4) is 0 Å². The Kier molecular flexibility index (Phi) is 6.74. The van der Waals surface area contributed by atoms with Gasteiger partial charge in [0.2, 0.25) is 5.91 Å². The number of hydrogen-bond acceptors (Lipinski definition) is 3. The molecule has 0 aromatic heterocycles. The first-order valence-corrected chi connectivity index (χ1v) is 8.18. The van der Waals surface area contributed by atoms with E-state index in [2.05, 4.69) is 10.6 Å². The van der Waals surface area contributed by atoms with Gasteiger partial charge in [-0.15, -0.1) is 11.8 Å². The van der Waals surface area contributed by atoms with Crippen LogP contribution in [-0.4, -0.2) is 25.3 Å². The van der Waals surface area contributed by atoms with Gasteiger partial charge in [-0.3, -0.25) is 4.79 Å². The van der Waals surface area contributed by atoms with Gasteiger partial charge in [0.15, 0.2) is 0 Å². The molecule has 0 unspecified atom stereocenters. The third kappa shape index (κ3) is 5.39. The SMILES string of the molecule is CNCCSc1ccccc1NC(=O)C=Cc1ccccc1. The van der Waals surface area contributed by atoms with Crippen molar-refractivity contribution in [2.45, 2.75) is 4.90 Å². The summed E-state index contributed by atoms with van der Waals surface area (Å²) in [5.41, 5.74) is 1.86. The van der Waals surface area contributed by atoms with E-state index in [1.807, 2.05) is 67.7 Å². The third-order valence-corrected chi connectivity index (χ3v) is 4.06. The van der Waals surface area contributed by atoms with Gasteiger partial charge in [0.1, 0.15) is 0 Å². The lowest BCUT2D eigenvalue weighted by molar-refractivity contribution is -0.111. The van der Waals surface area contributed by atoms with E-state index >= 15 is 0 Å². The standard InChI is InChI=1S/C18H20N2OS/c1-19-13-14-22-17-10-6-5-9-16(17)20-18(21)12-11-15-7-3-2-4-8-15/h2-12,19H,13-14H2,1H3,(H,20,21). The van der Waals surface area contributed by atoms with Crippen LogP contribution in [0.25, 0.3) is 6.08 Å². The molecule has 0 saturated heterocycles. The van der Waals surface area contributed by atoms with Gasteiger partial charge in [-0.25, -0.2) is 0 Å². The highest BCUT2D eigenvalue weighted by Crippen LogP contribution is 2.26. The second kappa shape index (κ2) is 9.07. The minimum Gasteiger partial charge on any atom is -0.321 e. The predicted molar refractivity (Wildman–Crippen MR) is 95.2 cm³/mol. The molecular formula is C18H20N2OS. The van der Waals surface area contributed by atoms with Crippen LogP contribution < -0.4 is 10.6 Å². The molecule has 22 heavy (non-hydrogen) atoms. The maximum absolute atomic E-state index is 12.0. The predicted octanol–water partition coefficient (Wildman–Crippen LogP) is 3.65. The van der Waals surface area contributed by atoms with E-state index in [1.165, 1.54) is 0 Å². The molecule has 0 saturated carbocycles. The highest BCUT2D eigenvalue weighted by Gasteiger charge is 2.04. The maximum Gasteiger partial charge on any atom is 0.248 e. The summed E-state index contributed by atoms with van der Waals surface area (Å²) in [6, 6.07) is 17.6. The number of benzene rings is 2. The van der Waals surface area contributed by atoms with Crippen molar-refractivity contribution in [2.24, 2.45) is 0 Å². The van der Waals surface area contributed by atoms with Crippen LogP contribution in [0.4, 0.5) is 5.69 Å². The largest absolute Gasteiger partial charge is 0.321 e. The quantitative estimate of drug-likeness (QED) is 0.466. The summed E-state index contributed by atoms with van der Waals surface area (Å²) in [6.07, 6.45) is 3.37. The average Bonchev–Trinajstić information content (AvgIpc) is 2.56. The molecule has 2 aromatic carbocycles. The number of rotatable bonds is 7. The lowest BCUT2D eigenvalue weighted by atomic mass is 10.2. The van der Waals surface area contributed by atoms with Crippen molar-refractivity contribution in [1.82, 2.24) is 5.32 Å². The lowest BCUT2D eigenvalue weighted by Gasteiger charge is -2.09. The van der Waals surface area contributed by atoms with Gasteiger partial charge < -0.3 is 10.6 Å². The molecule has 0 fully saturated rings. The van der Waals surface area contributed by atoms with Crippen LogP contribution in [0.2, 0.25) is 0 Å². The molecule has 4 heteroatoms. The Morgan fingerprint density at radius 2 is 1.82 bits per heavy atom. The number of hydrogen-bond donors (Lipinski definition) is 2. The van der Waals surface area contributed by atoms with E-state index in [4.69, 9.17) is 0 Å². The van der Waals surface area contributed by atoms with Crippen molar-refractivity contribution in [3.63, 3.8) is 0 Å². The van der Waals surface area contributed by atoms with E-state index < -0.39 is 0 Å². The number of amides is 1. The Hall–Kier alpha value is -2.04. The molecular weight excluding hydrogens is 292 g/mol. The van der Waals surface area contributed by atoms with Gasteiger partial charge >= 0.3 is 0 Å². The lowest BCUT2D eigenvalue weighted by Crippen LogP contribution is -2.11. The molecule has 0 aliphatic heterocycles. The average molecular weight is 312 g/mol. The highest BCUT2D eigenvalue weighted by atomic mass is 32.2. The van der Waals surface area contributed by atoms with Crippen molar-refractivity contribution < 1.29 is 4.79 Å². The summed E-state index contributed by atoms with van der Waals surface area (Å²) in [4.78, 5) is 13.1. The molecule has 0 aliphatic rings. The first-order chi connectivity index (χ1) is 10.8. The molecule has 0 aliphatic carbocycles. The Morgan fingerprint density at radius 3 is 2.59 bits per heavy atom. The van der Waals surface area contributed by atoms with Crippen LogP contribution in [0.5, 0.6) is 0 Å². The van der Waals surface area contributed by atoms with E-state index in [0.29, 0.717) is 0 Å². The highest BCUT2D eigenvalue weighted by molar-refractivity contribution is 7.99. The third-order valence-electron chi connectivity index (χ3n) is 2.98. The van der Waals surface area contributed by atoms with Gasteiger partial charge in [0.05, 0.1) is 5.69 Å². The van der Waals surface area contributed by atoms with Crippen LogP contribution in [0.1, 0.15) is 5.56 Å². The first kappa shape index (κ1) is 16.3. The molecule has 2 N–H and O–H groups in total. The minimum atomic E-state index is -0.120. The van der Waals surface area contributed by atoms with Crippen molar-refractivity contribution in [3.8, 4) is 0 Å². The van der Waals surface area contributed by atoms with Gasteiger partial charge in [-0.1, -0.05) is 42.5 Å². The molecule has 0 spiro atoms. The normalized spacial score (nSPS) is 10.8. The molecule has 2 aromatic rings. The fourth-order valence-corrected chi connectivity index (χ4v) is 2.84. The van der Waals surface area contributed by atoms with Gasteiger partial charge in [0, 0.05) is 23.3 Å². The summed E-state index contributed by atoms with van der Waals surface area (Å²) in [5.74, 6) is 0.842. The molecule has 0 atom stereocenters. The van der Waals surface area contributed by atoms with Crippen molar-refractivity contribution >= 4 is 29.4 Å². The zero-order chi connectivity index (χ0) is 15.6. The molecule has 114 valence electrons. The van der Waals surface area contributed by atoms with Crippen LogP contribution in [-0.2, 0) is 4.79 Å². The Morgan fingerprint density at radius 1 is 1.09 bits per heavy atom. The van der Waals surface area contributed by atoms with Crippen LogP contribution >= 0.6 is 11.8 Å². The number of thioether (sulfide) groups is 1. The number of carbonyl (C=O) groups is 1. The number of nitrogens with one attached hydrogen (secondary N) is 2. The minimum absolute atomic E-state index is 0.120. The van der Waals surface area contributed by atoms with Gasteiger partial charge in [0.25, 0.3) is 0 Å². The topological polar surface area (TPSA) is 41.1 Å². The van der Waals surface area contributed by atoms with E-state index in [-0.39, 0.29) is 5.91 Å². The molecule has 1 amide bonds. The molecule has 3 nitrogen and oxygen atoms in total. The maximum atomic E-state index is 12.0. The Labute approximate surface area is 135 Å². The summed E-state index contributed by atoms with van der Waals surface area (Å²) < 4.78 is 0. The fourth-order valence-electron chi connectivity index (χ4n) is 1.87. The van der Waals surface area contributed by atoms with E-state index in [0.717, 1.165) is 28.4 Å². The number of anilines is 1. The summed E-state index contributed by atoms with van der Waals surface area (Å²) in [7, 11) is 1.93. The van der Waals surface area contributed by atoms with Gasteiger partial charge in [-0.2, -0.15) is 0 Å². The number of para-hydroxylation sites is 1. The van der Waals surface area contributed by atoms with Crippen molar-refractivity contribution in [2.75, 3.05) is 24.7 Å². The Bertz CT molecular complexity index is 626.